The van der Waals surface area contributed by atoms with E-state index in [0.717, 1.165) is 4.70 Å². The van der Waals surface area contributed by atoms with Crippen molar-refractivity contribution < 1.29 is 19.2 Å². The van der Waals surface area contributed by atoms with Crippen LogP contribution in [0.4, 0.5) is 5.69 Å². The van der Waals surface area contributed by atoms with Crippen molar-refractivity contribution in [3.8, 4) is 0 Å². The first-order chi connectivity index (χ1) is 13.9. The molecule has 150 valence electrons. The normalized spacial score (nSPS) is 11.6. The predicted molar refractivity (Wildman–Crippen MR) is 109 cm³/mol. The molecule has 3 aromatic rings. The highest BCUT2D eigenvalue weighted by Gasteiger charge is 2.13. The van der Waals surface area contributed by atoms with Crippen LogP contribution in [-0.2, 0) is 27.3 Å². The van der Waals surface area contributed by atoms with Crippen LogP contribution in [0.2, 0.25) is 5.02 Å². The van der Waals surface area contributed by atoms with E-state index in [1.807, 2.05) is 0 Å². The smallest absolute Gasteiger partial charge is 0.326 e. The minimum absolute atomic E-state index is 0.0214. The molecule has 8 nitrogen and oxygen atoms in total. The maximum absolute atomic E-state index is 12.5. The Labute approximate surface area is 174 Å². The molecule has 29 heavy (non-hydrogen) atoms. The van der Waals surface area contributed by atoms with Gasteiger partial charge in [0.1, 0.15) is 6.54 Å². The van der Waals surface area contributed by atoms with Gasteiger partial charge in [0, 0.05) is 17.2 Å². The van der Waals surface area contributed by atoms with E-state index < -0.39 is 16.8 Å². The zero-order chi connectivity index (χ0) is 21.0. The molecule has 0 saturated carbocycles. The minimum atomic E-state index is -0.503. The van der Waals surface area contributed by atoms with Crippen molar-refractivity contribution in [2.45, 2.75) is 19.9 Å². The molecule has 1 aromatic heterocycles. The Bertz CT molecular complexity index is 1150. The molecule has 10 heteroatoms. The Hall–Kier alpha value is -3.04. The highest BCUT2D eigenvalue weighted by Crippen LogP contribution is 2.22. The van der Waals surface area contributed by atoms with Crippen LogP contribution in [-0.4, -0.2) is 28.0 Å². The van der Waals surface area contributed by atoms with Crippen molar-refractivity contribution in [1.29, 1.82) is 0 Å². The van der Waals surface area contributed by atoms with Crippen molar-refractivity contribution >= 4 is 50.7 Å². The lowest BCUT2D eigenvalue weighted by Gasteiger charge is -2.05. The average Bonchev–Trinajstić information content (AvgIpc) is 2.98. The molecule has 0 aliphatic heterocycles. The zero-order valence-electron chi connectivity index (χ0n) is 15.3. The number of hydrogen-bond acceptors (Lipinski definition) is 6. The highest BCUT2D eigenvalue weighted by atomic mass is 35.5. The molecule has 0 aliphatic rings. The average molecular weight is 434 g/mol. The first-order valence-electron chi connectivity index (χ1n) is 8.62. The fraction of sp³-hybridized carbons (Fsp3) is 0.211. The molecule has 0 fully saturated rings. The van der Waals surface area contributed by atoms with Gasteiger partial charge in [0.15, 0.2) is 4.80 Å². The number of carbonyl (C=O) groups excluding carboxylic acids is 2. The van der Waals surface area contributed by atoms with Gasteiger partial charge >= 0.3 is 5.97 Å². The number of fused-ring (bicyclic) bond motifs is 1. The molecule has 2 aromatic carbocycles. The molecule has 0 aliphatic carbocycles. The lowest BCUT2D eigenvalue weighted by Crippen LogP contribution is -2.23. The molecule has 0 saturated heterocycles. The summed E-state index contributed by atoms with van der Waals surface area (Å²) in [7, 11) is 0. The van der Waals surface area contributed by atoms with Crippen LogP contribution in [0, 0.1) is 10.1 Å². The number of esters is 1. The number of nitrogens with zero attached hydrogens (tertiary/aromatic N) is 3. The van der Waals surface area contributed by atoms with Gasteiger partial charge in [-0.15, -0.1) is 0 Å². The Morgan fingerprint density at radius 2 is 1.97 bits per heavy atom. The fourth-order valence-electron chi connectivity index (χ4n) is 2.68. The number of thiazole rings is 1. The quantitative estimate of drug-likeness (QED) is 0.336. The van der Waals surface area contributed by atoms with Crippen LogP contribution in [0.5, 0.6) is 0 Å². The minimum Gasteiger partial charge on any atom is -0.465 e. The van der Waals surface area contributed by atoms with Gasteiger partial charge in [-0.1, -0.05) is 35.1 Å². The van der Waals surface area contributed by atoms with Crippen molar-refractivity contribution in [3.63, 3.8) is 0 Å². The number of carbonyl (C=O) groups is 2. The van der Waals surface area contributed by atoms with Gasteiger partial charge in [-0.3, -0.25) is 19.7 Å². The number of halogens is 1. The third-order valence-electron chi connectivity index (χ3n) is 3.96. The molecular weight excluding hydrogens is 418 g/mol. The van der Waals surface area contributed by atoms with E-state index in [2.05, 4.69) is 4.99 Å². The molecule has 0 atom stereocenters. The van der Waals surface area contributed by atoms with Crippen molar-refractivity contribution in [3.05, 3.63) is 68.0 Å². The summed E-state index contributed by atoms with van der Waals surface area (Å²) in [4.78, 5) is 39.2. The Kier molecular flexibility index (Phi) is 6.40. The standard InChI is InChI=1S/C19H16ClN3O5S/c1-2-28-18(25)11-22-15-8-5-13(20)10-16(15)29-19(22)21-17(24)9-12-3-6-14(7-4-12)23(26)27/h3-8,10H,2,9,11H2,1H3. The fourth-order valence-corrected chi connectivity index (χ4v) is 4.00. The maximum Gasteiger partial charge on any atom is 0.326 e. The van der Waals surface area contributed by atoms with Gasteiger partial charge in [-0.25, -0.2) is 0 Å². The second-order valence-corrected chi connectivity index (χ2v) is 7.44. The van der Waals surface area contributed by atoms with Crippen LogP contribution in [0.1, 0.15) is 12.5 Å². The monoisotopic (exact) mass is 433 g/mol. The molecule has 0 bridgehead atoms. The Balaban J connectivity index is 1.93. The maximum atomic E-state index is 12.5. The lowest BCUT2D eigenvalue weighted by molar-refractivity contribution is -0.384. The molecular formula is C19H16ClN3O5S. The molecule has 0 N–H and O–H groups in total. The summed E-state index contributed by atoms with van der Waals surface area (Å²) in [6, 6.07) is 10.9. The number of nitro groups is 1. The van der Waals surface area contributed by atoms with Gasteiger partial charge in [-0.05, 0) is 30.7 Å². The summed E-state index contributed by atoms with van der Waals surface area (Å²) in [5, 5.41) is 11.3. The number of benzene rings is 2. The summed E-state index contributed by atoms with van der Waals surface area (Å²) < 4.78 is 7.41. The Morgan fingerprint density at radius 1 is 1.24 bits per heavy atom. The summed E-state index contributed by atoms with van der Waals surface area (Å²) in [5.74, 6) is -0.875. The summed E-state index contributed by atoms with van der Waals surface area (Å²) in [6.45, 7) is 1.88. The molecule has 3 rings (SSSR count). The van der Waals surface area contributed by atoms with Crippen LogP contribution in [0.3, 0.4) is 0 Å². The summed E-state index contributed by atoms with van der Waals surface area (Å²) >= 11 is 7.28. The number of rotatable bonds is 6. The largest absolute Gasteiger partial charge is 0.465 e. The second kappa shape index (κ2) is 8.97. The second-order valence-electron chi connectivity index (χ2n) is 5.99. The number of ether oxygens (including phenoxy) is 1. The van der Waals surface area contributed by atoms with Crippen molar-refractivity contribution in [2.75, 3.05) is 6.61 Å². The van der Waals surface area contributed by atoms with Gasteiger partial charge in [-0.2, -0.15) is 4.99 Å². The first-order valence-corrected chi connectivity index (χ1v) is 9.82. The third-order valence-corrected chi connectivity index (χ3v) is 5.24. The SMILES string of the molecule is CCOC(=O)Cn1c(=NC(=O)Cc2ccc([N+](=O)[O-])cc2)sc2cc(Cl)ccc21. The lowest BCUT2D eigenvalue weighted by atomic mass is 10.1. The van der Waals surface area contributed by atoms with Crippen LogP contribution in [0.15, 0.2) is 47.5 Å². The van der Waals surface area contributed by atoms with Crippen molar-refractivity contribution in [1.82, 2.24) is 4.57 Å². The zero-order valence-corrected chi connectivity index (χ0v) is 16.9. The van der Waals surface area contributed by atoms with Gasteiger partial charge in [0.05, 0.1) is 28.2 Å². The van der Waals surface area contributed by atoms with Crippen LogP contribution in [0.25, 0.3) is 10.2 Å². The van der Waals surface area contributed by atoms with E-state index >= 15 is 0 Å². The molecule has 1 amide bonds. The number of hydrogen-bond donors (Lipinski definition) is 0. The van der Waals surface area contributed by atoms with Gasteiger partial charge < -0.3 is 9.30 Å². The van der Waals surface area contributed by atoms with E-state index in [1.165, 1.54) is 35.6 Å². The molecule has 0 radical (unpaired) electrons. The molecule has 0 spiro atoms. The number of nitro benzene ring substituents is 1. The predicted octanol–water partition coefficient (Wildman–Crippen LogP) is 3.50. The summed E-state index contributed by atoms with van der Waals surface area (Å²) in [6.07, 6.45) is -0.0214. The van der Waals surface area contributed by atoms with Gasteiger partial charge in [0.2, 0.25) is 0 Å². The van der Waals surface area contributed by atoms with E-state index in [4.69, 9.17) is 16.3 Å². The number of amides is 1. The van der Waals surface area contributed by atoms with E-state index in [-0.39, 0.29) is 25.3 Å². The van der Waals surface area contributed by atoms with E-state index in [1.54, 1.807) is 29.7 Å². The van der Waals surface area contributed by atoms with Crippen LogP contribution >= 0.6 is 22.9 Å². The van der Waals surface area contributed by atoms with E-state index in [9.17, 15) is 19.7 Å². The number of non-ortho nitro benzene ring substituents is 1. The third kappa shape index (κ3) is 5.07. The van der Waals surface area contributed by atoms with Crippen molar-refractivity contribution in [2.24, 2.45) is 4.99 Å². The number of aromatic nitrogens is 1. The van der Waals surface area contributed by atoms with Gasteiger partial charge in [0.25, 0.3) is 11.6 Å². The van der Waals surface area contributed by atoms with Crippen LogP contribution < -0.4 is 4.80 Å². The first kappa shape index (κ1) is 20.7. The molecule has 0 unspecified atom stereocenters. The molecule has 1 heterocycles. The van der Waals surface area contributed by atoms with E-state index in [0.29, 0.717) is 20.9 Å². The Morgan fingerprint density at radius 3 is 2.62 bits per heavy atom. The summed E-state index contributed by atoms with van der Waals surface area (Å²) in [5.41, 5.74) is 1.27. The highest BCUT2D eigenvalue weighted by molar-refractivity contribution is 7.16. The topological polar surface area (TPSA) is 104 Å².